The molecule has 0 saturated heterocycles. The highest BCUT2D eigenvalue weighted by molar-refractivity contribution is 9.10. The summed E-state index contributed by atoms with van der Waals surface area (Å²) in [6, 6.07) is 4.32. The summed E-state index contributed by atoms with van der Waals surface area (Å²) in [5, 5.41) is 20.1. The number of carbonyl (C=O) groups excluding carboxylic acids is 1. The number of nitrogens with one attached hydrogen (secondary N) is 1. The van der Waals surface area contributed by atoms with Crippen molar-refractivity contribution in [3.8, 4) is 0 Å². The van der Waals surface area contributed by atoms with Crippen LogP contribution in [0.4, 0.5) is 5.69 Å². The summed E-state index contributed by atoms with van der Waals surface area (Å²) in [4.78, 5) is 11.6. The number of benzene rings is 1. The van der Waals surface area contributed by atoms with Crippen molar-refractivity contribution in [2.75, 3.05) is 11.9 Å². The first-order chi connectivity index (χ1) is 10.0. The lowest BCUT2D eigenvalue weighted by Gasteiger charge is -2.14. The normalized spacial score (nSPS) is 12.1. The van der Waals surface area contributed by atoms with Gasteiger partial charge in [0.2, 0.25) is 5.91 Å². The van der Waals surface area contributed by atoms with Crippen LogP contribution in [0, 0.1) is 0 Å². The molecule has 1 aromatic heterocycles. The van der Waals surface area contributed by atoms with Crippen molar-refractivity contribution in [2.45, 2.75) is 12.6 Å². The van der Waals surface area contributed by atoms with E-state index in [1.54, 1.807) is 24.4 Å². The van der Waals surface area contributed by atoms with E-state index in [9.17, 15) is 4.79 Å². The second-order valence-electron chi connectivity index (χ2n) is 4.24. The summed E-state index contributed by atoms with van der Waals surface area (Å²) in [5.41, 5.74) is 6.44. The number of carbonyl (C=O) groups is 1. The predicted molar refractivity (Wildman–Crippen MR) is 81.8 cm³/mol. The lowest BCUT2D eigenvalue weighted by molar-refractivity contribution is -0.118. The molecule has 7 nitrogen and oxygen atoms in total. The molecule has 0 saturated carbocycles. The zero-order valence-electron chi connectivity index (χ0n) is 10.8. The van der Waals surface area contributed by atoms with E-state index >= 15 is 0 Å². The Morgan fingerprint density at radius 1 is 1.57 bits per heavy atom. The maximum Gasteiger partial charge on any atom is 0.246 e. The van der Waals surface area contributed by atoms with Crippen LogP contribution in [0.2, 0.25) is 5.02 Å². The van der Waals surface area contributed by atoms with Crippen LogP contribution in [0.1, 0.15) is 11.7 Å². The number of primary amides is 1. The number of nitrogens with zero attached hydrogens (tertiary/aromatic N) is 3. The minimum absolute atomic E-state index is 0.0679. The molecule has 2 aromatic rings. The van der Waals surface area contributed by atoms with Crippen LogP contribution in [-0.4, -0.2) is 32.6 Å². The Balaban J connectivity index is 2.22. The number of aliphatic hydroxyl groups excluding tert-OH is 1. The van der Waals surface area contributed by atoms with E-state index in [0.29, 0.717) is 27.4 Å². The molecule has 0 aliphatic heterocycles. The Labute approximate surface area is 134 Å². The Morgan fingerprint density at radius 3 is 2.95 bits per heavy atom. The number of nitrogens with two attached hydrogens (primary N) is 1. The molecular weight excluding hydrogens is 362 g/mol. The van der Waals surface area contributed by atoms with Crippen LogP contribution >= 0.6 is 27.5 Å². The Morgan fingerprint density at radius 2 is 2.33 bits per heavy atom. The van der Waals surface area contributed by atoms with Crippen molar-refractivity contribution in [3.63, 3.8) is 0 Å². The largest absolute Gasteiger partial charge is 0.394 e. The van der Waals surface area contributed by atoms with Crippen LogP contribution in [0.5, 0.6) is 0 Å². The standard InChI is InChI=1S/C12H13BrClN5O2/c13-8-5-7(1-2-9(8)14)16-11(12(15)21)10-6-19(3-4-20)18-17-10/h1-2,5-6,11,16,20H,3-4H2,(H2,15,21). The van der Waals surface area contributed by atoms with Crippen molar-refractivity contribution in [3.05, 3.63) is 39.6 Å². The molecule has 0 spiro atoms. The molecule has 112 valence electrons. The van der Waals surface area contributed by atoms with Gasteiger partial charge in [-0.2, -0.15) is 0 Å². The van der Waals surface area contributed by atoms with Gasteiger partial charge in [-0.05, 0) is 34.1 Å². The first-order valence-electron chi connectivity index (χ1n) is 6.03. The highest BCUT2D eigenvalue weighted by Gasteiger charge is 2.21. The number of amides is 1. The van der Waals surface area contributed by atoms with Crippen molar-refractivity contribution < 1.29 is 9.90 Å². The average molecular weight is 375 g/mol. The molecule has 1 atom stereocenters. The first-order valence-corrected chi connectivity index (χ1v) is 7.20. The third-order valence-corrected chi connectivity index (χ3v) is 3.91. The third kappa shape index (κ3) is 3.93. The fourth-order valence-corrected chi connectivity index (χ4v) is 2.20. The number of aliphatic hydroxyl groups is 1. The molecule has 0 radical (unpaired) electrons. The second kappa shape index (κ2) is 6.88. The number of halogens is 2. The highest BCUT2D eigenvalue weighted by Crippen LogP contribution is 2.27. The molecule has 4 N–H and O–H groups in total. The molecule has 0 bridgehead atoms. The van der Waals surface area contributed by atoms with Crippen LogP contribution in [-0.2, 0) is 11.3 Å². The van der Waals surface area contributed by atoms with Gasteiger partial charge in [-0.1, -0.05) is 16.8 Å². The number of aromatic nitrogens is 3. The molecule has 0 aliphatic carbocycles. The van der Waals surface area contributed by atoms with Gasteiger partial charge in [-0.25, -0.2) is 4.68 Å². The van der Waals surface area contributed by atoms with E-state index in [2.05, 4.69) is 31.6 Å². The molecule has 0 fully saturated rings. The zero-order chi connectivity index (χ0) is 15.4. The molecular formula is C12H13BrClN5O2. The Hall–Kier alpha value is -1.64. The Bertz CT molecular complexity index is 648. The SMILES string of the molecule is NC(=O)C(Nc1ccc(Cl)c(Br)c1)c1cn(CCO)nn1. The summed E-state index contributed by atoms with van der Waals surface area (Å²) in [6.45, 7) is 0.229. The van der Waals surface area contributed by atoms with E-state index in [1.165, 1.54) is 4.68 Å². The summed E-state index contributed by atoms with van der Waals surface area (Å²) in [6.07, 6.45) is 1.56. The van der Waals surface area contributed by atoms with E-state index < -0.39 is 11.9 Å². The van der Waals surface area contributed by atoms with Crippen molar-refractivity contribution in [1.29, 1.82) is 0 Å². The summed E-state index contributed by atoms with van der Waals surface area (Å²) < 4.78 is 2.13. The van der Waals surface area contributed by atoms with E-state index in [-0.39, 0.29) is 6.61 Å². The van der Waals surface area contributed by atoms with Crippen LogP contribution in [0.15, 0.2) is 28.9 Å². The van der Waals surface area contributed by atoms with Gasteiger partial charge in [-0.15, -0.1) is 5.10 Å². The highest BCUT2D eigenvalue weighted by atomic mass is 79.9. The predicted octanol–water partition coefficient (Wildman–Crippen LogP) is 1.32. The number of hydrogen-bond acceptors (Lipinski definition) is 5. The summed E-state index contributed by atoms with van der Waals surface area (Å²) >= 11 is 9.23. The summed E-state index contributed by atoms with van der Waals surface area (Å²) in [7, 11) is 0. The third-order valence-electron chi connectivity index (χ3n) is 2.70. The van der Waals surface area contributed by atoms with Crippen molar-refractivity contribution >= 4 is 39.1 Å². The molecule has 1 unspecified atom stereocenters. The fraction of sp³-hybridized carbons (Fsp3) is 0.250. The maximum absolute atomic E-state index is 11.6. The lowest BCUT2D eigenvalue weighted by Crippen LogP contribution is -2.28. The molecule has 1 heterocycles. The molecule has 9 heteroatoms. The first kappa shape index (κ1) is 15.7. The van der Waals surface area contributed by atoms with Crippen molar-refractivity contribution in [1.82, 2.24) is 15.0 Å². The molecule has 1 aromatic carbocycles. The molecule has 2 rings (SSSR count). The van der Waals surface area contributed by atoms with Gasteiger partial charge >= 0.3 is 0 Å². The maximum atomic E-state index is 11.6. The molecule has 0 aliphatic rings. The summed E-state index contributed by atoms with van der Waals surface area (Å²) in [5.74, 6) is -0.586. The minimum Gasteiger partial charge on any atom is -0.394 e. The van der Waals surface area contributed by atoms with Gasteiger partial charge < -0.3 is 16.2 Å². The van der Waals surface area contributed by atoms with Gasteiger partial charge in [0.25, 0.3) is 0 Å². The number of rotatable bonds is 6. The topological polar surface area (TPSA) is 106 Å². The van der Waals surface area contributed by atoms with Crippen LogP contribution < -0.4 is 11.1 Å². The van der Waals surface area contributed by atoms with E-state index in [1.807, 2.05) is 0 Å². The smallest absolute Gasteiger partial charge is 0.246 e. The van der Waals surface area contributed by atoms with Crippen LogP contribution in [0.3, 0.4) is 0 Å². The van der Waals surface area contributed by atoms with E-state index in [4.69, 9.17) is 22.4 Å². The zero-order valence-corrected chi connectivity index (χ0v) is 13.2. The second-order valence-corrected chi connectivity index (χ2v) is 5.50. The lowest BCUT2D eigenvalue weighted by atomic mass is 10.2. The van der Waals surface area contributed by atoms with Gasteiger partial charge in [0, 0.05) is 10.2 Å². The average Bonchev–Trinajstić information content (AvgIpc) is 2.88. The quantitative estimate of drug-likeness (QED) is 0.707. The minimum atomic E-state index is -0.828. The Kier molecular flexibility index (Phi) is 5.16. The van der Waals surface area contributed by atoms with Crippen molar-refractivity contribution in [2.24, 2.45) is 5.73 Å². The van der Waals surface area contributed by atoms with Gasteiger partial charge in [0.1, 0.15) is 5.69 Å². The number of anilines is 1. The van der Waals surface area contributed by atoms with E-state index in [0.717, 1.165) is 0 Å². The van der Waals surface area contributed by atoms with Gasteiger partial charge in [0.15, 0.2) is 6.04 Å². The van der Waals surface area contributed by atoms with Crippen LogP contribution in [0.25, 0.3) is 0 Å². The van der Waals surface area contributed by atoms with Gasteiger partial charge in [-0.3, -0.25) is 4.79 Å². The monoisotopic (exact) mass is 373 g/mol. The van der Waals surface area contributed by atoms with Gasteiger partial charge in [0.05, 0.1) is 24.4 Å². The molecule has 1 amide bonds. The fourth-order valence-electron chi connectivity index (χ4n) is 1.70. The molecule has 21 heavy (non-hydrogen) atoms. The number of hydrogen-bond donors (Lipinski definition) is 3.